The molecule has 178 valence electrons. The molecule has 2 aromatic carbocycles. The van der Waals surface area contributed by atoms with Gasteiger partial charge in [-0.25, -0.2) is 9.37 Å². The van der Waals surface area contributed by atoms with Gasteiger partial charge in [0.25, 0.3) is 0 Å². The van der Waals surface area contributed by atoms with E-state index in [-0.39, 0.29) is 5.69 Å². The zero-order valence-electron chi connectivity index (χ0n) is 19.6. The van der Waals surface area contributed by atoms with Gasteiger partial charge in [-0.3, -0.25) is 9.48 Å². The molecule has 10 heteroatoms. The molecule has 0 aliphatic heterocycles. The normalized spacial score (nSPS) is 10.5. The molecule has 0 saturated heterocycles. The molecule has 3 N–H and O–H groups in total. The predicted octanol–water partition coefficient (Wildman–Crippen LogP) is 4.69. The number of halogens is 1. The highest BCUT2D eigenvalue weighted by Gasteiger charge is 2.14. The van der Waals surface area contributed by atoms with Crippen LogP contribution in [0.5, 0.6) is 0 Å². The van der Waals surface area contributed by atoms with Crippen molar-refractivity contribution < 1.29 is 9.18 Å². The molecule has 2 heterocycles. The molecule has 1 amide bonds. The third-order valence-corrected chi connectivity index (χ3v) is 5.10. The maximum Gasteiger partial charge on any atom is 0.247 e. The van der Waals surface area contributed by atoms with E-state index in [9.17, 15) is 9.18 Å². The van der Waals surface area contributed by atoms with Gasteiger partial charge in [-0.15, -0.1) is 0 Å². The van der Waals surface area contributed by atoms with Gasteiger partial charge in [0.05, 0.1) is 17.6 Å². The van der Waals surface area contributed by atoms with Crippen molar-refractivity contribution >= 4 is 40.4 Å². The number of nitrogens with one attached hydrogen (secondary N) is 3. The van der Waals surface area contributed by atoms with Gasteiger partial charge in [0.15, 0.2) is 0 Å². The summed E-state index contributed by atoms with van der Waals surface area (Å²) in [5.41, 5.74) is 3.78. The van der Waals surface area contributed by atoms with Crippen LogP contribution >= 0.6 is 0 Å². The Bertz CT molecular complexity index is 1380. The number of rotatable bonds is 8. The number of hydrogen-bond acceptors (Lipinski definition) is 7. The number of carbonyl (C=O) groups is 1. The van der Waals surface area contributed by atoms with Crippen LogP contribution in [0.2, 0.25) is 0 Å². The zero-order chi connectivity index (χ0) is 24.9. The number of amides is 1. The van der Waals surface area contributed by atoms with Gasteiger partial charge in [0, 0.05) is 50.5 Å². The van der Waals surface area contributed by atoms with E-state index in [2.05, 4.69) is 37.6 Å². The Morgan fingerprint density at radius 3 is 2.66 bits per heavy atom. The Hall–Kier alpha value is -4.73. The van der Waals surface area contributed by atoms with Crippen LogP contribution in [0.1, 0.15) is 0 Å². The SMILES string of the molecule is C=CC(=O)Nc1ccc(F)c(Nc2nc(Nc3cnn(C)c3)ncc2-c2cccc(N(C)C)c2)c1. The fraction of sp³-hybridized carbons (Fsp3) is 0.120. The third-order valence-electron chi connectivity index (χ3n) is 5.10. The summed E-state index contributed by atoms with van der Waals surface area (Å²) >= 11 is 0. The van der Waals surface area contributed by atoms with Crippen LogP contribution in [0.25, 0.3) is 11.1 Å². The summed E-state index contributed by atoms with van der Waals surface area (Å²) in [5, 5.41) is 12.9. The van der Waals surface area contributed by atoms with Crippen LogP contribution in [-0.2, 0) is 11.8 Å². The van der Waals surface area contributed by atoms with Crippen LogP contribution in [-0.4, -0.2) is 39.8 Å². The van der Waals surface area contributed by atoms with E-state index in [0.29, 0.717) is 28.7 Å². The first kappa shape index (κ1) is 23.4. The Kier molecular flexibility index (Phi) is 6.72. The number of carbonyl (C=O) groups excluding carboxylic acids is 1. The fourth-order valence-electron chi connectivity index (χ4n) is 3.33. The summed E-state index contributed by atoms with van der Waals surface area (Å²) in [6.45, 7) is 3.44. The van der Waals surface area contributed by atoms with Crippen molar-refractivity contribution in [1.29, 1.82) is 0 Å². The smallest absolute Gasteiger partial charge is 0.247 e. The van der Waals surface area contributed by atoms with E-state index in [1.165, 1.54) is 18.2 Å². The van der Waals surface area contributed by atoms with E-state index in [1.807, 2.05) is 43.3 Å². The van der Waals surface area contributed by atoms with Gasteiger partial charge in [-0.05, 0) is 42.0 Å². The highest BCUT2D eigenvalue weighted by Crippen LogP contribution is 2.33. The fourth-order valence-corrected chi connectivity index (χ4v) is 3.33. The standard InChI is InChI=1S/C25H25FN8O/c1-5-23(35)29-17-9-10-21(26)22(12-17)31-24-20(16-7-6-8-19(11-16)33(2)3)14-27-25(32-24)30-18-13-28-34(4)15-18/h5-15H,1H2,2-4H3,(H,29,35)(H2,27,30,31,32). The van der Waals surface area contributed by atoms with E-state index >= 15 is 0 Å². The lowest BCUT2D eigenvalue weighted by molar-refractivity contribution is -0.111. The second kappa shape index (κ2) is 10.0. The molecule has 0 aliphatic carbocycles. The maximum absolute atomic E-state index is 14.8. The van der Waals surface area contributed by atoms with Crippen molar-refractivity contribution in [1.82, 2.24) is 19.7 Å². The number of benzene rings is 2. The first-order valence-corrected chi connectivity index (χ1v) is 10.7. The van der Waals surface area contributed by atoms with Crippen LogP contribution in [0.15, 0.2) is 73.7 Å². The summed E-state index contributed by atoms with van der Waals surface area (Å²) in [4.78, 5) is 22.8. The Morgan fingerprint density at radius 1 is 1.11 bits per heavy atom. The quantitative estimate of drug-likeness (QED) is 0.320. The maximum atomic E-state index is 14.8. The zero-order valence-corrected chi connectivity index (χ0v) is 19.6. The minimum absolute atomic E-state index is 0.142. The van der Waals surface area contributed by atoms with Gasteiger partial charge >= 0.3 is 0 Å². The molecular formula is C25H25FN8O. The molecule has 0 radical (unpaired) electrons. The first-order valence-electron chi connectivity index (χ1n) is 10.7. The van der Waals surface area contributed by atoms with E-state index in [1.54, 1.807) is 30.3 Å². The molecule has 0 spiro atoms. The Morgan fingerprint density at radius 2 is 1.94 bits per heavy atom. The second-order valence-electron chi connectivity index (χ2n) is 7.94. The Balaban J connectivity index is 1.76. The van der Waals surface area contributed by atoms with Gasteiger partial charge in [-0.2, -0.15) is 10.1 Å². The molecular weight excluding hydrogens is 447 g/mol. The van der Waals surface area contributed by atoms with E-state index in [0.717, 1.165) is 17.3 Å². The monoisotopic (exact) mass is 472 g/mol. The summed E-state index contributed by atoms with van der Waals surface area (Å²) in [7, 11) is 5.71. The molecule has 0 unspecified atom stereocenters. The summed E-state index contributed by atoms with van der Waals surface area (Å²) < 4.78 is 16.4. The highest BCUT2D eigenvalue weighted by atomic mass is 19.1. The van der Waals surface area contributed by atoms with Gasteiger partial charge in [-0.1, -0.05) is 18.7 Å². The lowest BCUT2D eigenvalue weighted by Crippen LogP contribution is -2.09. The molecule has 0 bridgehead atoms. The van der Waals surface area contributed by atoms with Crippen LogP contribution in [0, 0.1) is 5.82 Å². The molecule has 0 aliphatic rings. The highest BCUT2D eigenvalue weighted by molar-refractivity contribution is 5.99. The number of nitrogens with zero attached hydrogens (tertiary/aromatic N) is 5. The molecule has 35 heavy (non-hydrogen) atoms. The number of hydrogen-bond donors (Lipinski definition) is 3. The average Bonchev–Trinajstić information content (AvgIpc) is 3.25. The van der Waals surface area contributed by atoms with E-state index < -0.39 is 11.7 Å². The number of anilines is 6. The van der Waals surface area contributed by atoms with Crippen molar-refractivity contribution in [3.63, 3.8) is 0 Å². The van der Waals surface area contributed by atoms with Crippen molar-refractivity contribution in [2.45, 2.75) is 0 Å². The summed E-state index contributed by atoms with van der Waals surface area (Å²) in [6.07, 6.45) is 6.25. The topological polar surface area (TPSA) is 100 Å². The van der Waals surface area contributed by atoms with Gasteiger partial charge in [0.1, 0.15) is 11.6 Å². The van der Waals surface area contributed by atoms with Gasteiger partial charge in [0.2, 0.25) is 11.9 Å². The largest absolute Gasteiger partial charge is 0.378 e. The minimum Gasteiger partial charge on any atom is -0.378 e. The molecule has 4 rings (SSSR count). The molecule has 4 aromatic rings. The predicted molar refractivity (Wildman–Crippen MR) is 137 cm³/mol. The van der Waals surface area contributed by atoms with Crippen molar-refractivity contribution in [3.05, 3.63) is 79.5 Å². The van der Waals surface area contributed by atoms with Crippen LogP contribution in [0.3, 0.4) is 0 Å². The summed E-state index contributed by atoms with van der Waals surface area (Å²) in [6, 6.07) is 12.1. The van der Waals surface area contributed by atoms with Crippen LogP contribution < -0.4 is 20.9 Å². The third kappa shape index (κ3) is 5.61. The molecule has 9 nitrogen and oxygen atoms in total. The van der Waals surface area contributed by atoms with Gasteiger partial charge < -0.3 is 20.9 Å². The number of aryl methyl sites for hydroxylation is 1. The lowest BCUT2D eigenvalue weighted by atomic mass is 10.1. The molecule has 2 aromatic heterocycles. The van der Waals surface area contributed by atoms with E-state index in [4.69, 9.17) is 0 Å². The lowest BCUT2D eigenvalue weighted by Gasteiger charge is -2.17. The van der Waals surface area contributed by atoms with Crippen molar-refractivity contribution in [2.75, 3.05) is 34.9 Å². The van der Waals surface area contributed by atoms with Crippen molar-refractivity contribution in [3.8, 4) is 11.1 Å². The Labute approximate surface area is 202 Å². The molecule has 0 atom stereocenters. The minimum atomic E-state index is -0.505. The van der Waals surface area contributed by atoms with Crippen LogP contribution in [0.4, 0.5) is 38.9 Å². The molecule has 0 saturated carbocycles. The summed E-state index contributed by atoms with van der Waals surface area (Å²) in [5.74, 6) is -0.207. The molecule has 0 fully saturated rings. The first-order chi connectivity index (χ1) is 16.8. The second-order valence-corrected chi connectivity index (χ2v) is 7.94. The van der Waals surface area contributed by atoms with Crippen molar-refractivity contribution in [2.24, 2.45) is 7.05 Å². The number of aromatic nitrogens is 4. The average molecular weight is 473 g/mol.